The standard InChI is InChI=1S/C30H18O12.ClH/c31-13-7-19(37)23-21(9-13)41-29(11-1-3-15(33)17(35)5-11)27(39)25(23)26-24-20(38)8-14(32)10-22(24)42-30(28(26)40)12-2-4-16(34)18(36)6-12;/h1-10H,(H8-2,31,32,33,34,35,36,37,38,39,40);1H/p+1. The summed E-state index contributed by atoms with van der Waals surface area (Å²) in [5, 5.41) is 105. The average Bonchev–Trinajstić information content (AvgIpc) is 2.92. The van der Waals surface area contributed by atoms with Gasteiger partial charge >= 0.3 is 22.7 Å². The molecule has 0 spiro atoms. The molecule has 0 saturated heterocycles. The molecule has 218 valence electrons. The largest absolute Gasteiger partial charge is 1.00 e. The second kappa shape index (κ2) is 10.1. The van der Waals surface area contributed by atoms with Gasteiger partial charge in [-0.3, -0.25) is 0 Å². The maximum absolute atomic E-state index is 11.7. The van der Waals surface area contributed by atoms with E-state index < -0.39 is 57.5 Å². The zero-order valence-corrected chi connectivity index (χ0v) is 22.2. The highest BCUT2D eigenvalue weighted by Gasteiger charge is 2.38. The van der Waals surface area contributed by atoms with Gasteiger partial charge < -0.3 is 63.5 Å². The van der Waals surface area contributed by atoms with Crippen LogP contribution in [0.1, 0.15) is 0 Å². The number of phenols is 8. The third-order valence-electron chi connectivity index (χ3n) is 6.69. The fourth-order valence-corrected chi connectivity index (χ4v) is 4.82. The average molecular weight is 608 g/mol. The number of hydrogen-bond acceptors (Lipinski definition) is 10. The van der Waals surface area contributed by atoms with Gasteiger partial charge in [-0.1, -0.05) is 0 Å². The predicted octanol–water partition coefficient (Wildman–Crippen LogP) is 2.80. The van der Waals surface area contributed by atoms with Crippen LogP contribution in [0.5, 0.6) is 57.5 Å². The van der Waals surface area contributed by atoms with Crippen LogP contribution < -0.4 is 12.4 Å². The number of hydrogen-bond donors (Lipinski definition) is 10. The Labute approximate surface area is 246 Å². The Bertz CT molecular complexity index is 1960. The summed E-state index contributed by atoms with van der Waals surface area (Å²) < 4.78 is 11.6. The van der Waals surface area contributed by atoms with Gasteiger partial charge in [0.1, 0.15) is 33.8 Å². The first-order valence-electron chi connectivity index (χ1n) is 12.1. The molecule has 10 N–H and O–H groups in total. The molecule has 4 aromatic carbocycles. The zero-order chi connectivity index (χ0) is 30.0. The van der Waals surface area contributed by atoms with Crippen molar-refractivity contribution >= 4 is 21.9 Å². The Morgan fingerprint density at radius 2 is 0.767 bits per heavy atom. The lowest BCUT2D eigenvalue weighted by Gasteiger charge is -2.12. The summed E-state index contributed by atoms with van der Waals surface area (Å²) in [5.74, 6) is -6.22. The van der Waals surface area contributed by atoms with Crippen LogP contribution in [0, 0.1) is 0 Å². The van der Waals surface area contributed by atoms with Gasteiger partial charge in [-0.15, -0.1) is 0 Å². The molecule has 0 amide bonds. The molecule has 0 aliphatic heterocycles. The maximum Gasteiger partial charge on any atom is 0.402 e. The number of benzene rings is 4. The van der Waals surface area contributed by atoms with Crippen molar-refractivity contribution in [2.24, 2.45) is 0 Å². The number of aromatic hydroxyl groups is 10. The lowest BCUT2D eigenvalue weighted by Crippen LogP contribution is -3.00. The van der Waals surface area contributed by atoms with E-state index in [1.165, 1.54) is 12.1 Å². The highest BCUT2D eigenvalue weighted by atomic mass is 35.5. The molecule has 0 saturated carbocycles. The quantitative estimate of drug-likeness (QED) is 0.103. The van der Waals surface area contributed by atoms with E-state index in [1.54, 1.807) is 0 Å². The van der Waals surface area contributed by atoms with Gasteiger partial charge in [-0.05, 0) is 24.3 Å². The van der Waals surface area contributed by atoms with Crippen molar-refractivity contribution in [2.45, 2.75) is 0 Å². The van der Waals surface area contributed by atoms with Gasteiger partial charge in [0, 0.05) is 24.3 Å². The van der Waals surface area contributed by atoms with Crippen molar-refractivity contribution in [2.75, 3.05) is 0 Å². The molecular weight excluding hydrogens is 588 g/mol. The molecular formula is C30H20ClO12+. The molecule has 0 fully saturated rings. The van der Waals surface area contributed by atoms with Gasteiger partial charge in [0.05, 0.1) is 34.4 Å². The monoisotopic (exact) mass is 607 g/mol. The number of fused-ring (bicyclic) bond motifs is 2. The number of halogens is 1. The summed E-state index contributed by atoms with van der Waals surface area (Å²) in [6.45, 7) is 0. The molecule has 0 radical (unpaired) electrons. The van der Waals surface area contributed by atoms with E-state index in [-0.39, 0.29) is 68.1 Å². The Balaban J connectivity index is 0.00000368. The van der Waals surface area contributed by atoms with Crippen LogP contribution in [0.2, 0.25) is 0 Å². The minimum Gasteiger partial charge on any atom is -1.00 e. The second-order valence-electron chi connectivity index (χ2n) is 9.39. The molecule has 6 rings (SSSR count). The summed E-state index contributed by atoms with van der Waals surface area (Å²) in [5.41, 5.74) is -1.02. The van der Waals surface area contributed by atoms with Crippen LogP contribution in [0.15, 0.2) is 69.5 Å². The first-order valence-corrected chi connectivity index (χ1v) is 12.1. The molecule has 0 atom stereocenters. The Kier molecular flexibility index (Phi) is 6.71. The van der Waals surface area contributed by atoms with E-state index in [9.17, 15) is 51.1 Å². The summed E-state index contributed by atoms with van der Waals surface area (Å²) >= 11 is 0. The topological polar surface area (TPSA) is 225 Å². The van der Waals surface area contributed by atoms with Crippen LogP contribution in [-0.2, 0) is 0 Å². The summed E-state index contributed by atoms with van der Waals surface area (Å²) in [7, 11) is 0. The van der Waals surface area contributed by atoms with Gasteiger partial charge in [0.15, 0.2) is 23.0 Å². The van der Waals surface area contributed by atoms with E-state index in [1.807, 2.05) is 0 Å². The molecule has 6 aromatic rings. The molecule has 0 aliphatic rings. The summed E-state index contributed by atoms with van der Waals surface area (Å²) in [6, 6.07) is 11.1. The number of phenolic OH excluding ortho intramolecular Hbond substituents is 8. The van der Waals surface area contributed by atoms with Crippen LogP contribution >= 0.6 is 0 Å². The lowest BCUT2D eigenvalue weighted by atomic mass is 9.92. The zero-order valence-electron chi connectivity index (χ0n) is 21.4. The lowest BCUT2D eigenvalue weighted by molar-refractivity contribution is -0.0000186. The van der Waals surface area contributed by atoms with Crippen molar-refractivity contribution < 1.29 is 72.3 Å². The minimum absolute atomic E-state index is 0. The van der Waals surface area contributed by atoms with Crippen LogP contribution in [0.4, 0.5) is 0 Å². The Morgan fingerprint density at radius 3 is 1.12 bits per heavy atom. The molecule has 12 nitrogen and oxygen atoms in total. The first-order chi connectivity index (χ1) is 19.9. The van der Waals surface area contributed by atoms with Gasteiger partial charge in [-0.2, -0.15) is 0 Å². The Hall–Kier alpha value is -6.01. The van der Waals surface area contributed by atoms with Crippen LogP contribution in [-0.4, -0.2) is 51.1 Å². The van der Waals surface area contributed by atoms with Crippen molar-refractivity contribution in [3.8, 4) is 91.3 Å². The van der Waals surface area contributed by atoms with E-state index in [2.05, 4.69) is 0 Å². The van der Waals surface area contributed by atoms with E-state index in [0.717, 1.165) is 48.5 Å². The SMILES string of the molecule is Oc1cc(O)c2c(-c3c(O)c(-c4ccc(O)c(O)c4)[o+]c4cc(O)cc(O)c34)c(O)c(-c3ccc(O)c(O)c3)[o+]c2c1.[Cl-]. The van der Waals surface area contributed by atoms with Crippen LogP contribution in [0.3, 0.4) is 0 Å². The van der Waals surface area contributed by atoms with Crippen molar-refractivity contribution in [3.63, 3.8) is 0 Å². The Morgan fingerprint density at radius 1 is 0.395 bits per heavy atom. The van der Waals surface area contributed by atoms with Crippen molar-refractivity contribution in [3.05, 3.63) is 60.7 Å². The maximum atomic E-state index is 11.7. The predicted molar refractivity (Wildman–Crippen MR) is 148 cm³/mol. The van der Waals surface area contributed by atoms with E-state index >= 15 is 0 Å². The second-order valence-corrected chi connectivity index (χ2v) is 9.39. The summed E-state index contributed by atoms with van der Waals surface area (Å²) in [4.78, 5) is 0. The van der Waals surface area contributed by atoms with Crippen LogP contribution in [0.25, 0.3) is 55.7 Å². The molecule has 2 aromatic heterocycles. The number of rotatable bonds is 3. The normalized spacial score (nSPS) is 11.1. The molecule has 43 heavy (non-hydrogen) atoms. The fourth-order valence-electron chi connectivity index (χ4n) is 4.82. The van der Waals surface area contributed by atoms with Gasteiger partial charge in [0.2, 0.25) is 11.5 Å². The minimum atomic E-state index is -0.719. The molecule has 0 unspecified atom stereocenters. The third-order valence-corrected chi connectivity index (χ3v) is 6.69. The summed E-state index contributed by atoms with van der Waals surface area (Å²) in [6.07, 6.45) is 0. The third kappa shape index (κ3) is 4.51. The van der Waals surface area contributed by atoms with Gasteiger partial charge in [-0.25, -0.2) is 8.83 Å². The molecule has 0 bridgehead atoms. The first kappa shape index (κ1) is 28.5. The smallest absolute Gasteiger partial charge is 0.402 e. The molecule has 13 heteroatoms. The van der Waals surface area contributed by atoms with Gasteiger partial charge in [0.25, 0.3) is 0 Å². The molecule has 0 aliphatic carbocycles. The molecule has 2 heterocycles. The van der Waals surface area contributed by atoms with Crippen molar-refractivity contribution in [1.29, 1.82) is 0 Å². The fraction of sp³-hybridized carbons (Fsp3) is 0. The van der Waals surface area contributed by atoms with Crippen molar-refractivity contribution in [1.82, 2.24) is 0 Å². The highest BCUT2D eigenvalue weighted by Crippen LogP contribution is 2.55. The van der Waals surface area contributed by atoms with E-state index in [4.69, 9.17) is 8.83 Å². The van der Waals surface area contributed by atoms with E-state index in [0.29, 0.717) is 0 Å². The highest BCUT2D eigenvalue weighted by molar-refractivity contribution is 6.13.